The second-order valence-corrected chi connectivity index (χ2v) is 3.54. The number of nitrogens with two attached hydrogens (primary N) is 1. The number of carbonyl (C=O) groups is 1. The summed E-state index contributed by atoms with van der Waals surface area (Å²) in [5.74, 6) is -0.00269. The lowest BCUT2D eigenvalue weighted by atomic mass is 9.97. The highest BCUT2D eigenvalue weighted by Crippen LogP contribution is 2.16. The Kier molecular flexibility index (Phi) is 3.59. The van der Waals surface area contributed by atoms with E-state index in [1.54, 1.807) is 6.07 Å². The quantitative estimate of drug-likeness (QED) is 0.759. The molecule has 0 spiro atoms. The van der Waals surface area contributed by atoms with Gasteiger partial charge in [-0.15, -0.1) is 0 Å². The standard InChI is InChI=1S/C12H14N2O/c1-8-5-10(12(15)3-4-13)6-11(7-14)9(8)2/h5-6H,3-4,13H2,1-2H3. The zero-order chi connectivity index (χ0) is 11.4. The Morgan fingerprint density at radius 3 is 2.67 bits per heavy atom. The Balaban J connectivity index is 3.18. The van der Waals surface area contributed by atoms with E-state index in [9.17, 15) is 4.79 Å². The zero-order valence-corrected chi connectivity index (χ0v) is 9.00. The van der Waals surface area contributed by atoms with Crippen LogP contribution in [0.2, 0.25) is 0 Å². The van der Waals surface area contributed by atoms with Crippen molar-refractivity contribution in [1.29, 1.82) is 5.26 Å². The number of rotatable bonds is 3. The van der Waals surface area contributed by atoms with Gasteiger partial charge in [0.05, 0.1) is 11.6 Å². The molecule has 15 heavy (non-hydrogen) atoms. The molecule has 0 aliphatic carbocycles. The van der Waals surface area contributed by atoms with Crippen LogP contribution in [-0.4, -0.2) is 12.3 Å². The van der Waals surface area contributed by atoms with Crippen LogP contribution in [0.3, 0.4) is 0 Å². The average molecular weight is 202 g/mol. The molecule has 3 heteroatoms. The van der Waals surface area contributed by atoms with Gasteiger partial charge in [0.25, 0.3) is 0 Å². The van der Waals surface area contributed by atoms with Gasteiger partial charge >= 0.3 is 0 Å². The summed E-state index contributed by atoms with van der Waals surface area (Å²) >= 11 is 0. The summed E-state index contributed by atoms with van der Waals surface area (Å²) in [6.45, 7) is 4.12. The first kappa shape index (κ1) is 11.4. The third kappa shape index (κ3) is 2.42. The molecule has 0 aliphatic rings. The van der Waals surface area contributed by atoms with Crippen LogP contribution in [0.25, 0.3) is 0 Å². The Labute approximate surface area is 89.5 Å². The van der Waals surface area contributed by atoms with Gasteiger partial charge in [0.1, 0.15) is 0 Å². The van der Waals surface area contributed by atoms with Gasteiger partial charge in [-0.1, -0.05) is 0 Å². The van der Waals surface area contributed by atoms with Crippen molar-refractivity contribution < 1.29 is 4.79 Å². The topological polar surface area (TPSA) is 66.9 Å². The lowest BCUT2D eigenvalue weighted by molar-refractivity contribution is 0.0985. The SMILES string of the molecule is Cc1cc(C(=O)CCN)cc(C#N)c1C. The third-order valence-corrected chi connectivity index (χ3v) is 2.48. The molecule has 3 nitrogen and oxygen atoms in total. The number of Topliss-reactive ketones (excluding diaryl/α,β-unsaturated/α-hetero) is 1. The van der Waals surface area contributed by atoms with Crippen LogP contribution in [0.1, 0.15) is 33.5 Å². The van der Waals surface area contributed by atoms with Crippen molar-refractivity contribution in [2.45, 2.75) is 20.3 Å². The predicted octanol–water partition coefficient (Wildman–Crippen LogP) is 1.71. The summed E-state index contributed by atoms with van der Waals surface area (Å²) in [7, 11) is 0. The Hall–Kier alpha value is -1.66. The van der Waals surface area contributed by atoms with E-state index in [0.717, 1.165) is 11.1 Å². The maximum absolute atomic E-state index is 11.6. The summed E-state index contributed by atoms with van der Waals surface area (Å²) in [6, 6.07) is 5.54. The largest absolute Gasteiger partial charge is 0.330 e. The van der Waals surface area contributed by atoms with Gasteiger partial charge in [0.2, 0.25) is 0 Å². The normalized spacial score (nSPS) is 9.73. The summed E-state index contributed by atoms with van der Waals surface area (Å²) in [5, 5.41) is 8.89. The number of carbonyl (C=O) groups excluding carboxylic acids is 1. The fraction of sp³-hybridized carbons (Fsp3) is 0.333. The van der Waals surface area contributed by atoms with Crippen molar-refractivity contribution in [3.8, 4) is 6.07 Å². The van der Waals surface area contributed by atoms with Gasteiger partial charge in [-0.2, -0.15) is 5.26 Å². The number of hydrogen-bond acceptors (Lipinski definition) is 3. The number of aryl methyl sites for hydroxylation is 1. The molecule has 0 aromatic heterocycles. The molecule has 0 radical (unpaired) electrons. The highest BCUT2D eigenvalue weighted by molar-refractivity contribution is 5.96. The summed E-state index contributed by atoms with van der Waals surface area (Å²) < 4.78 is 0. The maximum atomic E-state index is 11.6. The van der Waals surface area contributed by atoms with Gasteiger partial charge in [-0.3, -0.25) is 4.79 Å². The molecule has 0 fully saturated rings. The van der Waals surface area contributed by atoms with E-state index < -0.39 is 0 Å². The second-order valence-electron chi connectivity index (χ2n) is 3.54. The average Bonchev–Trinajstić information content (AvgIpc) is 2.22. The van der Waals surface area contributed by atoms with E-state index in [2.05, 4.69) is 6.07 Å². The fourth-order valence-electron chi connectivity index (χ4n) is 1.41. The van der Waals surface area contributed by atoms with Gasteiger partial charge in [-0.05, 0) is 43.7 Å². The minimum atomic E-state index is -0.00269. The van der Waals surface area contributed by atoms with E-state index in [0.29, 0.717) is 24.1 Å². The Morgan fingerprint density at radius 1 is 1.47 bits per heavy atom. The minimum Gasteiger partial charge on any atom is -0.330 e. The van der Waals surface area contributed by atoms with Crippen molar-refractivity contribution in [3.63, 3.8) is 0 Å². The van der Waals surface area contributed by atoms with Crippen molar-refractivity contribution in [2.24, 2.45) is 5.73 Å². The molecule has 0 unspecified atom stereocenters. The molecule has 1 rings (SSSR count). The molecule has 0 aliphatic heterocycles. The van der Waals surface area contributed by atoms with Crippen LogP contribution < -0.4 is 5.73 Å². The summed E-state index contributed by atoms with van der Waals surface area (Å²) in [6.07, 6.45) is 0.327. The van der Waals surface area contributed by atoms with Crippen LogP contribution >= 0.6 is 0 Å². The number of nitrogens with zero attached hydrogens (tertiary/aromatic N) is 1. The van der Waals surface area contributed by atoms with Gasteiger partial charge < -0.3 is 5.73 Å². The summed E-state index contributed by atoms with van der Waals surface area (Å²) in [4.78, 5) is 11.6. The van der Waals surface area contributed by atoms with E-state index >= 15 is 0 Å². The van der Waals surface area contributed by atoms with E-state index in [1.807, 2.05) is 19.9 Å². The van der Waals surface area contributed by atoms with E-state index in [4.69, 9.17) is 11.0 Å². The third-order valence-electron chi connectivity index (χ3n) is 2.48. The predicted molar refractivity (Wildman–Crippen MR) is 58.6 cm³/mol. The molecule has 0 amide bonds. The number of benzene rings is 1. The Bertz CT molecular complexity index is 430. The maximum Gasteiger partial charge on any atom is 0.164 e. The van der Waals surface area contributed by atoms with Gasteiger partial charge in [0, 0.05) is 12.0 Å². The lowest BCUT2D eigenvalue weighted by Crippen LogP contribution is -2.09. The molecule has 2 N–H and O–H groups in total. The Morgan fingerprint density at radius 2 is 2.13 bits per heavy atom. The van der Waals surface area contributed by atoms with E-state index in [1.165, 1.54) is 0 Å². The molecule has 78 valence electrons. The molecule has 0 saturated carbocycles. The molecular formula is C12H14N2O. The first-order valence-electron chi connectivity index (χ1n) is 4.84. The molecule has 0 saturated heterocycles. The van der Waals surface area contributed by atoms with Crippen molar-refractivity contribution in [1.82, 2.24) is 0 Å². The molecule has 0 atom stereocenters. The number of hydrogen-bond donors (Lipinski definition) is 1. The first-order valence-corrected chi connectivity index (χ1v) is 4.84. The van der Waals surface area contributed by atoms with Crippen LogP contribution in [0, 0.1) is 25.2 Å². The van der Waals surface area contributed by atoms with Gasteiger partial charge in [0.15, 0.2) is 5.78 Å². The molecular weight excluding hydrogens is 188 g/mol. The second kappa shape index (κ2) is 4.72. The monoisotopic (exact) mass is 202 g/mol. The molecule has 0 heterocycles. The zero-order valence-electron chi connectivity index (χ0n) is 9.00. The number of ketones is 1. The van der Waals surface area contributed by atoms with Crippen molar-refractivity contribution in [2.75, 3.05) is 6.54 Å². The van der Waals surface area contributed by atoms with Crippen molar-refractivity contribution in [3.05, 3.63) is 34.4 Å². The molecule has 0 bridgehead atoms. The van der Waals surface area contributed by atoms with Crippen LogP contribution in [0.4, 0.5) is 0 Å². The smallest absolute Gasteiger partial charge is 0.164 e. The summed E-state index contributed by atoms with van der Waals surface area (Å²) in [5.41, 5.74) is 8.37. The lowest BCUT2D eigenvalue weighted by Gasteiger charge is -2.06. The van der Waals surface area contributed by atoms with Crippen LogP contribution in [0.15, 0.2) is 12.1 Å². The highest BCUT2D eigenvalue weighted by Gasteiger charge is 2.09. The van der Waals surface area contributed by atoms with Gasteiger partial charge in [-0.25, -0.2) is 0 Å². The van der Waals surface area contributed by atoms with Crippen molar-refractivity contribution >= 4 is 5.78 Å². The highest BCUT2D eigenvalue weighted by atomic mass is 16.1. The van der Waals surface area contributed by atoms with E-state index in [-0.39, 0.29) is 5.78 Å². The minimum absolute atomic E-state index is 0.00269. The van der Waals surface area contributed by atoms with Crippen LogP contribution in [-0.2, 0) is 0 Å². The number of nitriles is 1. The first-order chi connectivity index (χ1) is 7.10. The molecule has 1 aromatic rings. The fourth-order valence-corrected chi connectivity index (χ4v) is 1.41. The molecule has 1 aromatic carbocycles. The van der Waals surface area contributed by atoms with Crippen LogP contribution in [0.5, 0.6) is 0 Å².